The first-order valence-corrected chi connectivity index (χ1v) is 11.0. The van der Waals surface area contributed by atoms with Gasteiger partial charge in [0.15, 0.2) is 0 Å². The minimum Gasteiger partial charge on any atom is -0.478 e. The Kier molecular flexibility index (Phi) is 8.05. The highest BCUT2D eigenvalue weighted by molar-refractivity contribution is 5.87. The summed E-state index contributed by atoms with van der Waals surface area (Å²) in [4.78, 5) is 28.7. The van der Waals surface area contributed by atoms with Gasteiger partial charge in [-0.2, -0.15) is 0 Å². The SMILES string of the molecule is O=C(O)c1cnc(C2=CCC(F)(F)CC2)c(F)c1.O=C(O)c1cnc(C2CCC(F)(F)CC2)c(F)c1. The average Bonchev–Trinajstić information content (AvgIpc) is 2.80. The fraction of sp³-hybridized carbons (Fsp3) is 0.417. The molecule has 0 aliphatic heterocycles. The zero-order valence-corrected chi connectivity index (χ0v) is 18.8. The molecule has 2 aromatic rings. The molecule has 2 aliphatic carbocycles. The van der Waals surface area contributed by atoms with Crippen LogP contribution in [0.4, 0.5) is 26.3 Å². The van der Waals surface area contributed by atoms with Crippen LogP contribution < -0.4 is 0 Å². The molecule has 0 bridgehead atoms. The molecule has 194 valence electrons. The number of nitrogens with zero attached hydrogens (tertiary/aromatic N) is 2. The van der Waals surface area contributed by atoms with E-state index in [9.17, 15) is 35.9 Å². The third kappa shape index (κ3) is 6.82. The summed E-state index contributed by atoms with van der Waals surface area (Å²) in [6, 6.07) is 1.73. The average molecular weight is 516 g/mol. The van der Waals surface area contributed by atoms with Crippen molar-refractivity contribution in [1.82, 2.24) is 9.97 Å². The van der Waals surface area contributed by atoms with Crippen molar-refractivity contribution in [2.75, 3.05) is 0 Å². The molecule has 2 N–H and O–H groups in total. The van der Waals surface area contributed by atoms with E-state index in [0.717, 1.165) is 24.5 Å². The van der Waals surface area contributed by atoms with Crippen LogP contribution in [-0.4, -0.2) is 44.0 Å². The van der Waals surface area contributed by atoms with E-state index in [2.05, 4.69) is 9.97 Å². The minimum atomic E-state index is -2.75. The topological polar surface area (TPSA) is 100 Å². The second-order valence-electron chi connectivity index (χ2n) is 8.68. The molecular formula is C24H22F6N2O4. The van der Waals surface area contributed by atoms with E-state index in [0.29, 0.717) is 5.57 Å². The van der Waals surface area contributed by atoms with Crippen molar-refractivity contribution in [1.29, 1.82) is 0 Å². The molecule has 0 amide bonds. The number of alkyl halides is 4. The zero-order chi connectivity index (χ0) is 26.7. The highest BCUT2D eigenvalue weighted by Crippen LogP contribution is 2.41. The van der Waals surface area contributed by atoms with Gasteiger partial charge in [0.2, 0.25) is 5.92 Å². The van der Waals surface area contributed by atoms with E-state index in [1.165, 1.54) is 6.08 Å². The van der Waals surface area contributed by atoms with Crippen LogP contribution in [0.15, 0.2) is 30.6 Å². The maximum atomic E-state index is 13.7. The fourth-order valence-electron chi connectivity index (χ4n) is 3.98. The summed E-state index contributed by atoms with van der Waals surface area (Å²) in [6.07, 6.45) is 2.37. The number of aromatic nitrogens is 2. The predicted octanol–water partition coefficient (Wildman–Crippen LogP) is 6.33. The van der Waals surface area contributed by atoms with Gasteiger partial charge in [0, 0.05) is 44.0 Å². The highest BCUT2D eigenvalue weighted by atomic mass is 19.3. The number of hydrogen-bond donors (Lipinski definition) is 2. The van der Waals surface area contributed by atoms with E-state index in [1.807, 2.05) is 0 Å². The molecule has 0 saturated heterocycles. The first-order valence-electron chi connectivity index (χ1n) is 11.0. The summed E-state index contributed by atoms with van der Waals surface area (Å²) in [5, 5.41) is 17.3. The largest absolute Gasteiger partial charge is 0.478 e. The maximum Gasteiger partial charge on any atom is 0.337 e. The lowest BCUT2D eigenvalue weighted by atomic mass is 9.84. The lowest BCUT2D eigenvalue weighted by Gasteiger charge is -2.27. The van der Waals surface area contributed by atoms with Gasteiger partial charge in [-0.05, 0) is 37.0 Å². The van der Waals surface area contributed by atoms with Crippen LogP contribution in [0.5, 0.6) is 0 Å². The van der Waals surface area contributed by atoms with Crippen molar-refractivity contribution in [3.63, 3.8) is 0 Å². The third-order valence-electron chi connectivity index (χ3n) is 6.02. The predicted molar refractivity (Wildman–Crippen MR) is 115 cm³/mol. The van der Waals surface area contributed by atoms with Gasteiger partial charge < -0.3 is 10.2 Å². The molecule has 0 spiro atoms. The second kappa shape index (κ2) is 10.7. The van der Waals surface area contributed by atoms with Crippen LogP contribution in [0.25, 0.3) is 5.57 Å². The standard InChI is InChI=1S/C12H12F3NO2.C12H10F3NO2/c2*13-9-5-8(11(17)18)6-16-10(9)7-1-3-12(14,15)4-2-7/h5-7H,1-4H2,(H,17,18);1,5-6H,2-4H2,(H,17,18). The Morgan fingerprint density at radius 1 is 0.833 bits per heavy atom. The van der Waals surface area contributed by atoms with Crippen LogP contribution in [0, 0.1) is 11.6 Å². The van der Waals surface area contributed by atoms with Gasteiger partial charge in [0.25, 0.3) is 5.92 Å². The molecule has 1 fully saturated rings. The van der Waals surface area contributed by atoms with E-state index < -0.39 is 41.8 Å². The van der Waals surface area contributed by atoms with Gasteiger partial charge in [-0.1, -0.05) is 6.08 Å². The normalized spacial score (nSPS) is 19.0. The van der Waals surface area contributed by atoms with Crippen LogP contribution in [0.3, 0.4) is 0 Å². The summed E-state index contributed by atoms with van der Waals surface area (Å²) in [6.45, 7) is 0. The maximum absolute atomic E-state index is 13.7. The minimum absolute atomic E-state index is 0.0311. The molecule has 36 heavy (non-hydrogen) atoms. The number of rotatable bonds is 4. The number of carboxylic acids is 2. The number of pyridine rings is 2. The van der Waals surface area contributed by atoms with E-state index in [-0.39, 0.29) is 67.0 Å². The smallest absolute Gasteiger partial charge is 0.337 e. The highest BCUT2D eigenvalue weighted by Gasteiger charge is 2.36. The Bertz CT molecular complexity index is 1180. The van der Waals surface area contributed by atoms with Gasteiger partial charge in [-0.15, -0.1) is 0 Å². The number of carbonyl (C=O) groups is 2. The molecule has 6 nitrogen and oxygen atoms in total. The third-order valence-corrected chi connectivity index (χ3v) is 6.02. The first kappa shape index (κ1) is 27.2. The van der Waals surface area contributed by atoms with Crippen molar-refractivity contribution in [2.24, 2.45) is 0 Å². The molecular weight excluding hydrogens is 494 g/mol. The molecule has 4 rings (SSSR count). The molecule has 0 radical (unpaired) electrons. The summed E-state index contributed by atoms with van der Waals surface area (Å²) >= 11 is 0. The Balaban J connectivity index is 0.000000201. The zero-order valence-electron chi connectivity index (χ0n) is 18.8. The monoisotopic (exact) mass is 516 g/mol. The summed E-state index contributed by atoms with van der Waals surface area (Å²) < 4.78 is 79.1. The van der Waals surface area contributed by atoms with Gasteiger partial charge in [-0.3, -0.25) is 9.97 Å². The van der Waals surface area contributed by atoms with Crippen LogP contribution in [-0.2, 0) is 0 Å². The molecule has 2 heterocycles. The van der Waals surface area contributed by atoms with Gasteiger partial charge in [0.05, 0.1) is 16.8 Å². The molecule has 2 aromatic heterocycles. The lowest BCUT2D eigenvalue weighted by molar-refractivity contribution is -0.0387. The Labute approximate surface area is 201 Å². The Morgan fingerprint density at radius 3 is 1.86 bits per heavy atom. The number of hydrogen-bond acceptors (Lipinski definition) is 4. The molecule has 0 aromatic carbocycles. The van der Waals surface area contributed by atoms with Crippen LogP contribution in [0.1, 0.15) is 83.0 Å². The number of aromatic carboxylic acids is 2. The summed E-state index contributed by atoms with van der Waals surface area (Å²) in [5.74, 6) is -9.85. The lowest BCUT2D eigenvalue weighted by Crippen LogP contribution is -2.24. The molecule has 1 saturated carbocycles. The molecule has 2 aliphatic rings. The van der Waals surface area contributed by atoms with Crippen LogP contribution in [0.2, 0.25) is 0 Å². The van der Waals surface area contributed by atoms with Crippen molar-refractivity contribution in [3.05, 3.63) is 64.8 Å². The fourth-order valence-corrected chi connectivity index (χ4v) is 3.98. The Morgan fingerprint density at radius 2 is 1.39 bits per heavy atom. The van der Waals surface area contributed by atoms with E-state index in [4.69, 9.17) is 10.2 Å². The molecule has 12 heteroatoms. The Hall–Kier alpha value is -3.44. The number of halogens is 6. The molecule has 0 atom stereocenters. The quantitative estimate of drug-likeness (QED) is 0.461. The van der Waals surface area contributed by atoms with Gasteiger partial charge in [-0.25, -0.2) is 35.9 Å². The van der Waals surface area contributed by atoms with Crippen molar-refractivity contribution >= 4 is 17.5 Å². The van der Waals surface area contributed by atoms with Gasteiger partial charge >= 0.3 is 11.9 Å². The molecule has 0 unspecified atom stereocenters. The van der Waals surface area contributed by atoms with Crippen LogP contribution >= 0.6 is 0 Å². The number of allylic oxidation sites excluding steroid dienone is 2. The van der Waals surface area contributed by atoms with Gasteiger partial charge in [0.1, 0.15) is 17.3 Å². The van der Waals surface area contributed by atoms with Crippen molar-refractivity contribution < 1.29 is 46.1 Å². The summed E-state index contributed by atoms with van der Waals surface area (Å²) in [5.41, 5.74) is -0.0586. The summed E-state index contributed by atoms with van der Waals surface area (Å²) in [7, 11) is 0. The number of carboxylic acid groups (broad SMARTS) is 2. The second-order valence-corrected chi connectivity index (χ2v) is 8.68. The van der Waals surface area contributed by atoms with E-state index in [1.54, 1.807) is 0 Å². The van der Waals surface area contributed by atoms with Crippen molar-refractivity contribution in [3.8, 4) is 0 Å². The first-order chi connectivity index (χ1) is 16.8. The van der Waals surface area contributed by atoms with E-state index >= 15 is 0 Å². The van der Waals surface area contributed by atoms with Crippen molar-refractivity contribution in [2.45, 2.75) is 62.7 Å².